The van der Waals surface area contributed by atoms with Crippen LogP contribution in [0.4, 0.5) is 4.39 Å². The normalized spacial score (nSPS) is 11.9. The molecule has 0 saturated heterocycles. The molecule has 0 aliphatic rings. The van der Waals surface area contributed by atoms with Gasteiger partial charge in [-0.1, -0.05) is 15.9 Å². The molecule has 114 valence electrons. The molecule has 22 heavy (non-hydrogen) atoms. The zero-order valence-corrected chi connectivity index (χ0v) is 13.7. The van der Waals surface area contributed by atoms with Crippen LogP contribution < -0.4 is 0 Å². The van der Waals surface area contributed by atoms with Crippen molar-refractivity contribution in [1.82, 2.24) is 0 Å². The predicted molar refractivity (Wildman–Crippen MR) is 86.8 cm³/mol. The second-order valence-corrected chi connectivity index (χ2v) is 6.72. The largest absolute Gasteiger partial charge is 0.480 e. The molecule has 0 bridgehead atoms. The van der Waals surface area contributed by atoms with E-state index in [0.717, 1.165) is 21.1 Å². The number of benzene rings is 2. The lowest BCUT2D eigenvalue weighted by atomic mass is 10.1. The molecule has 0 heterocycles. The number of hydrogen-bond donors (Lipinski definition) is 1. The SMILES string of the molecule is O=C(C[C@@H](Sc1ccc(Br)cc1)C(=O)O)c1ccc(F)cc1. The standard InChI is InChI=1S/C16H12BrFO3S/c17-11-3-7-13(8-4-11)22-15(16(20)21)9-14(19)10-1-5-12(18)6-2-10/h1-8,15H,9H2,(H,20,21)/t15-/m1/s1. The third kappa shape index (κ3) is 4.68. The van der Waals surface area contributed by atoms with Gasteiger partial charge in [0.15, 0.2) is 5.78 Å². The maximum absolute atomic E-state index is 12.8. The van der Waals surface area contributed by atoms with Crippen LogP contribution in [0.1, 0.15) is 16.8 Å². The van der Waals surface area contributed by atoms with Gasteiger partial charge in [0.25, 0.3) is 0 Å². The number of carbonyl (C=O) groups is 2. The number of Topliss-reactive ketones (excluding diaryl/α,β-unsaturated/α-hetero) is 1. The number of halogens is 2. The van der Waals surface area contributed by atoms with Crippen LogP contribution in [0.2, 0.25) is 0 Å². The van der Waals surface area contributed by atoms with Crippen molar-refractivity contribution in [1.29, 1.82) is 0 Å². The van der Waals surface area contributed by atoms with Crippen molar-refractivity contribution in [3.05, 3.63) is 64.4 Å². The molecule has 0 amide bonds. The number of hydrogen-bond acceptors (Lipinski definition) is 3. The summed E-state index contributed by atoms with van der Waals surface area (Å²) in [6.45, 7) is 0. The van der Waals surface area contributed by atoms with E-state index >= 15 is 0 Å². The molecular weight excluding hydrogens is 371 g/mol. The van der Waals surface area contributed by atoms with Gasteiger partial charge in [-0.15, -0.1) is 11.8 Å². The lowest BCUT2D eigenvalue weighted by molar-refractivity contribution is -0.136. The maximum Gasteiger partial charge on any atom is 0.317 e. The van der Waals surface area contributed by atoms with Crippen LogP contribution in [-0.2, 0) is 4.79 Å². The number of thioether (sulfide) groups is 1. The number of aliphatic carboxylic acids is 1. The number of carboxylic acid groups (broad SMARTS) is 1. The monoisotopic (exact) mass is 382 g/mol. The van der Waals surface area contributed by atoms with Crippen molar-refractivity contribution in [2.45, 2.75) is 16.6 Å². The molecule has 0 aromatic heterocycles. The second kappa shape index (κ2) is 7.56. The van der Waals surface area contributed by atoms with Crippen molar-refractivity contribution < 1.29 is 19.1 Å². The smallest absolute Gasteiger partial charge is 0.317 e. The summed E-state index contributed by atoms with van der Waals surface area (Å²) in [5.41, 5.74) is 0.309. The van der Waals surface area contributed by atoms with Gasteiger partial charge < -0.3 is 5.11 Å². The van der Waals surface area contributed by atoms with Crippen LogP contribution in [0, 0.1) is 5.82 Å². The highest BCUT2D eigenvalue weighted by Crippen LogP contribution is 2.28. The van der Waals surface area contributed by atoms with Gasteiger partial charge in [0, 0.05) is 21.4 Å². The van der Waals surface area contributed by atoms with Gasteiger partial charge in [0.05, 0.1) is 0 Å². The van der Waals surface area contributed by atoms with Crippen LogP contribution in [0.15, 0.2) is 57.9 Å². The molecule has 0 fully saturated rings. The van der Waals surface area contributed by atoms with E-state index < -0.39 is 17.0 Å². The minimum atomic E-state index is -1.05. The van der Waals surface area contributed by atoms with Crippen LogP contribution in [0.3, 0.4) is 0 Å². The van der Waals surface area contributed by atoms with Crippen LogP contribution >= 0.6 is 27.7 Å². The molecule has 0 spiro atoms. The minimum Gasteiger partial charge on any atom is -0.480 e. The molecule has 0 aliphatic carbocycles. The first-order valence-electron chi connectivity index (χ1n) is 6.39. The van der Waals surface area contributed by atoms with E-state index in [0.29, 0.717) is 5.56 Å². The van der Waals surface area contributed by atoms with Crippen LogP contribution in [-0.4, -0.2) is 22.1 Å². The van der Waals surface area contributed by atoms with E-state index in [1.54, 1.807) is 12.1 Å². The molecule has 6 heteroatoms. The van der Waals surface area contributed by atoms with Gasteiger partial charge in [-0.25, -0.2) is 4.39 Å². The highest BCUT2D eigenvalue weighted by molar-refractivity contribution is 9.10. The molecule has 0 aliphatic heterocycles. The first kappa shape index (κ1) is 16.7. The van der Waals surface area contributed by atoms with Crippen LogP contribution in [0.5, 0.6) is 0 Å². The first-order chi connectivity index (χ1) is 10.5. The van der Waals surface area contributed by atoms with E-state index in [1.165, 1.54) is 24.3 Å². The highest BCUT2D eigenvalue weighted by atomic mass is 79.9. The van der Waals surface area contributed by atoms with Gasteiger partial charge in [-0.3, -0.25) is 9.59 Å². The molecule has 0 unspecified atom stereocenters. The fourth-order valence-electron chi connectivity index (χ4n) is 1.78. The summed E-state index contributed by atoms with van der Waals surface area (Å²) >= 11 is 4.42. The summed E-state index contributed by atoms with van der Waals surface area (Å²) in [5.74, 6) is -1.81. The fraction of sp³-hybridized carbons (Fsp3) is 0.125. The predicted octanol–water partition coefficient (Wildman–Crippen LogP) is 4.41. The summed E-state index contributed by atoms with van der Waals surface area (Å²) in [7, 11) is 0. The van der Waals surface area contributed by atoms with E-state index in [4.69, 9.17) is 0 Å². The number of rotatable bonds is 6. The summed E-state index contributed by atoms with van der Waals surface area (Å²) in [6.07, 6.45) is -0.151. The van der Waals surface area contributed by atoms with Crippen molar-refractivity contribution in [3.8, 4) is 0 Å². The van der Waals surface area contributed by atoms with E-state index in [-0.39, 0.29) is 12.2 Å². The Morgan fingerprint density at radius 2 is 1.68 bits per heavy atom. The molecule has 1 atom stereocenters. The summed E-state index contributed by atoms with van der Waals surface area (Å²) in [4.78, 5) is 24.2. The van der Waals surface area contributed by atoms with Crippen molar-refractivity contribution in [3.63, 3.8) is 0 Å². The summed E-state index contributed by atoms with van der Waals surface area (Å²) < 4.78 is 13.7. The maximum atomic E-state index is 12.8. The zero-order valence-electron chi connectivity index (χ0n) is 11.3. The van der Waals surface area contributed by atoms with E-state index in [1.807, 2.05) is 12.1 Å². The Balaban J connectivity index is 2.08. The average Bonchev–Trinajstić information content (AvgIpc) is 2.49. The average molecular weight is 383 g/mol. The van der Waals surface area contributed by atoms with Gasteiger partial charge in [-0.05, 0) is 48.5 Å². The molecular formula is C16H12BrFO3S. The van der Waals surface area contributed by atoms with Gasteiger partial charge in [0.2, 0.25) is 0 Å². The van der Waals surface area contributed by atoms with Crippen molar-refractivity contribution in [2.24, 2.45) is 0 Å². The lowest BCUT2D eigenvalue weighted by Gasteiger charge is -2.11. The Kier molecular flexibility index (Phi) is 5.74. The Bertz CT molecular complexity index is 671. The lowest BCUT2D eigenvalue weighted by Crippen LogP contribution is -2.20. The van der Waals surface area contributed by atoms with Crippen molar-refractivity contribution in [2.75, 3.05) is 0 Å². The Labute approximate surface area is 139 Å². The number of ketones is 1. The van der Waals surface area contributed by atoms with Crippen molar-refractivity contribution >= 4 is 39.4 Å². The van der Waals surface area contributed by atoms with Gasteiger partial charge in [0.1, 0.15) is 11.1 Å². The number of carbonyl (C=O) groups excluding carboxylic acids is 1. The Morgan fingerprint density at radius 1 is 1.09 bits per heavy atom. The molecule has 3 nitrogen and oxygen atoms in total. The third-order valence-corrected chi connectivity index (χ3v) is 4.63. The van der Waals surface area contributed by atoms with Gasteiger partial charge >= 0.3 is 5.97 Å². The Morgan fingerprint density at radius 3 is 2.23 bits per heavy atom. The minimum absolute atomic E-state index is 0.151. The Hall–Kier alpha value is -1.66. The van der Waals surface area contributed by atoms with Crippen LogP contribution in [0.25, 0.3) is 0 Å². The fourth-order valence-corrected chi connectivity index (χ4v) is 3.00. The quantitative estimate of drug-likeness (QED) is 0.593. The molecule has 1 N–H and O–H groups in total. The topological polar surface area (TPSA) is 54.4 Å². The first-order valence-corrected chi connectivity index (χ1v) is 8.07. The third-order valence-electron chi connectivity index (χ3n) is 2.90. The summed E-state index contributed by atoms with van der Waals surface area (Å²) in [5, 5.41) is 8.40. The zero-order chi connectivity index (χ0) is 16.1. The molecule has 2 rings (SSSR count). The number of carboxylic acids is 1. The van der Waals surface area contributed by atoms with Gasteiger partial charge in [-0.2, -0.15) is 0 Å². The second-order valence-electron chi connectivity index (χ2n) is 4.53. The molecule has 0 radical (unpaired) electrons. The van der Waals surface area contributed by atoms with E-state index in [2.05, 4.69) is 15.9 Å². The molecule has 0 saturated carbocycles. The van der Waals surface area contributed by atoms with E-state index in [9.17, 15) is 19.1 Å². The molecule has 2 aromatic carbocycles. The summed E-state index contributed by atoms with van der Waals surface area (Å²) in [6, 6.07) is 12.3. The highest BCUT2D eigenvalue weighted by Gasteiger charge is 2.23. The molecule has 2 aromatic rings.